The lowest BCUT2D eigenvalue weighted by atomic mass is 10.1. The van der Waals surface area contributed by atoms with Gasteiger partial charge in [0.2, 0.25) is 0 Å². The van der Waals surface area contributed by atoms with E-state index in [1.807, 2.05) is 0 Å². The Hall–Kier alpha value is -0.120. The fourth-order valence-corrected chi connectivity index (χ4v) is 2.33. The first-order valence-corrected chi connectivity index (χ1v) is 7.56. The van der Waals surface area contributed by atoms with Gasteiger partial charge in [0, 0.05) is 12.1 Å². The maximum Gasteiger partial charge on any atom is 0.0597 e. The van der Waals surface area contributed by atoms with Crippen LogP contribution < -0.4 is 5.32 Å². The Bertz CT molecular complexity index is 207. The van der Waals surface area contributed by atoms with E-state index < -0.39 is 0 Å². The van der Waals surface area contributed by atoms with E-state index in [4.69, 9.17) is 4.74 Å². The molecule has 3 nitrogen and oxygen atoms in total. The molecule has 1 atom stereocenters. The topological polar surface area (TPSA) is 24.5 Å². The Morgan fingerprint density at radius 3 is 2.50 bits per heavy atom. The van der Waals surface area contributed by atoms with Crippen LogP contribution in [-0.4, -0.2) is 49.3 Å². The van der Waals surface area contributed by atoms with Gasteiger partial charge in [-0.05, 0) is 73.0 Å². The Labute approximate surface area is 113 Å². The van der Waals surface area contributed by atoms with Crippen molar-refractivity contribution in [3.8, 4) is 0 Å². The Kier molecular flexibility index (Phi) is 7.20. The first-order valence-electron chi connectivity index (χ1n) is 7.56. The molecule has 0 aromatic heterocycles. The molecule has 0 aromatic carbocycles. The standard InChI is InChI=1S/C15H32N2O/c1-14(8-7-9-16-15(2,3)4)18-13-12-17-10-5-6-11-17/h14,16H,5-13H2,1-4H3. The van der Waals surface area contributed by atoms with Crippen LogP contribution in [0, 0.1) is 0 Å². The number of rotatable bonds is 8. The molecule has 1 fully saturated rings. The number of likely N-dealkylation sites (tertiary alicyclic amines) is 1. The summed E-state index contributed by atoms with van der Waals surface area (Å²) in [4.78, 5) is 2.51. The Morgan fingerprint density at radius 1 is 1.22 bits per heavy atom. The van der Waals surface area contributed by atoms with Gasteiger partial charge in [0.25, 0.3) is 0 Å². The van der Waals surface area contributed by atoms with Crippen molar-refractivity contribution in [2.75, 3.05) is 32.8 Å². The van der Waals surface area contributed by atoms with Gasteiger partial charge in [-0.25, -0.2) is 0 Å². The fourth-order valence-electron chi connectivity index (χ4n) is 2.33. The molecule has 1 rings (SSSR count). The number of nitrogens with one attached hydrogen (secondary N) is 1. The highest BCUT2D eigenvalue weighted by atomic mass is 16.5. The molecule has 0 radical (unpaired) electrons. The highest BCUT2D eigenvalue weighted by molar-refractivity contribution is 4.70. The van der Waals surface area contributed by atoms with Gasteiger partial charge in [-0.3, -0.25) is 0 Å². The molecule has 0 amide bonds. The molecule has 0 saturated carbocycles. The first-order chi connectivity index (χ1) is 8.47. The predicted octanol–water partition coefficient (Wildman–Crippen LogP) is 2.66. The van der Waals surface area contributed by atoms with Crippen molar-refractivity contribution in [2.45, 2.75) is 65.0 Å². The lowest BCUT2D eigenvalue weighted by Crippen LogP contribution is -2.36. The monoisotopic (exact) mass is 256 g/mol. The third kappa shape index (κ3) is 8.06. The van der Waals surface area contributed by atoms with Gasteiger partial charge in [0.15, 0.2) is 0 Å². The van der Waals surface area contributed by atoms with Gasteiger partial charge in [0.1, 0.15) is 0 Å². The van der Waals surface area contributed by atoms with Crippen molar-refractivity contribution in [3.05, 3.63) is 0 Å². The van der Waals surface area contributed by atoms with E-state index in [0.717, 1.165) is 26.1 Å². The van der Waals surface area contributed by atoms with Crippen molar-refractivity contribution < 1.29 is 4.74 Å². The van der Waals surface area contributed by atoms with Crippen molar-refractivity contribution in [3.63, 3.8) is 0 Å². The molecule has 1 aliphatic rings. The summed E-state index contributed by atoms with van der Waals surface area (Å²) in [7, 11) is 0. The van der Waals surface area contributed by atoms with E-state index in [0.29, 0.717) is 6.10 Å². The van der Waals surface area contributed by atoms with E-state index in [2.05, 4.69) is 37.9 Å². The van der Waals surface area contributed by atoms with Gasteiger partial charge in [0.05, 0.1) is 12.7 Å². The third-order valence-corrected chi connectivity index (χ3v) is 3.45. The average Bonchev–Trinajstić information content (AvgIpc) is 2.76. The lowest BCUT2D eigenvalue weighted by molar-refractivity contribution is 0.0459. The Balaban J connectivity index is 1.91. The third-order valence-electron chi connectivity index (χ3n) is 3.45. The van der Waals surface area contributed by atoms with Crippen LogP contribution >= 0.6 is 0 Å². The van der Waals surface area contributed by atoms with Gasteiger partial charge in [-0.2, -0.15) is 0 Å². The minimum Gasteiger partial charge on any atom is -0.377 e. The molecule has 1 heterocycles. The van der Waals surface area contributed by atoms with E-state index in [1.54, 1.807) is 0 Å². The second-order valence-electron chi connectivity index (χ2n) is 6.55. The number of nitrogens with zero attached hydrogens (tertiary/aromatic N) is 1. The normalized spacial score (nSPS) is 19.3. The van der Waals surface area contributed by atoms with Crippen molar-refractivity contribution in [1.82, 2.24) is 10.2 Å². The van der Waals surface area contributed by atoms with Gasteiger partial charge in [-0.15, -0.1) is 0 Å². The maximum absolute atomic E-state index is 5.87. The lowest BCUT2D eigenvalue weighted by Gasteiger charge is -2.21. The molecular formula is C15H32N2O. The highest BCUT2D eigenvalue weighted by Gasteiger charge is 2.12. The van der Waals surface area contributed by atoms with Crippen LogP contribution in [0.5, 0.6) is 0 Å². The van der Waals surface area contributed by atoms with Gasteiger partial charge >= 0.3 is 0 Å². The van der Waals surface area contributed by atoms with E-state index >= 15 is 0 Å². The first kappa shape index (κ1) is 15.9. The second kappa shape index (κ2) is 8.13. The summed E-state index contributed by atoms with van der Waals surface area (Å²) in [5.74, 6) is 0. The molecule has 3 heteroatoms. The summed E-state index contributed by atoms with van der Waals surface area (Å²) in [6.45, 7) is 14.5. The molecule has 0 spiro atoms. The summed E-state index contributed by atoms with van der Waals surface area (Å²) < 4.78 is 5.87. The molecule has 1 aliphatic heterocycles. The van der Waals surface area contributed by atoms with Gasteiger partial charge in [-0.1, -0.05) is 0 Å². The van der Waals surface area contributed by atoms with Crippen molar-refractivity contribution in [2.24, 2.45) is 0 Å². The molecule has 0 bridgehead atoms. The van der Waals surface area contributed by atoms with E-state index in [-0.39, 0.29) is 5.54 Å². The number of ether oxygens (including phenoxy) is 1. The minimum atomic E-state index is 0.236. The van der Waals surface area contributed by atoms with Crippen molar-refractivity contribution in [1.29, 1.82) is 0 Å². The molecular weight excluding hydrogens is 224 g/mol. The zero-order valence-corrected chi connectivity index (χ0v) is 12.8. The summed E-state index contributed by atoms with van der Waals surface area (Å²) in [5.41, 5.74) is 0.236. The quantitative estimate of drug-likeness (QED) is 0.676. The van der Waals surface area contributed by atoms with Gasteiger partial charge < -0.3 is 15.0 Å². The maximum atomic E-state index is 5.87. The summed E-state index contributed by atoms with van der Waals surface area (Å²) in [6.07, 6.45) is 5.49. The van der Waals surface area contributed by atoms with Crippen LogP contribution in [0.2, 0.25) is 0 Å². The molecule has 18 heavy (non-hydrogen) atoms. The summed E-state index contributed by atoms with van der Waals surface area (Å²) in [6, 6.07) is 0. The zero-order chi connectivity index (χ0) is 13.4. The van der Waals surface area contributed by atoms with E-state index in [1.165, 1.54) is 32.4 Å². The van der Waals surface area contributed by atoms with Crippen LogP contribution in [-0.2, 0) is 4.74 Å². The van der Waals surface area contributed by atoms with Crippen LogP contribution in [0.1, 0.15) is 53.4 Å². The SMILES string of the molecule is CC(CCCNC(C)(C)C)OCCN1CCCC1. The number of hydrogen-bond donors (Lipinski definition) is 1. The molecule has 108 valence electrons. The summed E-state index contributed by atoms with van der Waals surface area (Å²) in [5, 5.41) is 3.51. The smallest absolute Gasteiger partial charge is 0.0597 e. The Morgan fingerprint density at radius 2 is 1.89 bits per heavy atom. The van der Waals surface area contributed by atoms with Crippen LogP contribution in [0.25, 0.3) is 0 Å². The van der Waals surface area contributed by atoms with E-state index in [9.17, 15) is 0 Å². The largest absolute Gasteiger partial charge is 0.377 e. The zero-order valence-electron chi connectivity index (χ0n) is 12.8. The van der Waals surface area contributed by atoms with Crippen LogP contribution in [0.3, 0.4) is 0 Å². The van der Waals surface area contributed by atoms with Crippen LogP contribution in [0.4, 0.5) is 0 Å². The van der Waals surface area contributed by atoms with Crippen LogP contribution in [0.15, 0.2) is 0 Å². The van der Waals surface area contributed by atoms with Crippen molar-refractivity contribution >= 4 is 0 Å². The second-order valence-corrected chi connectivity index (χ2v) is 6.55. The fraction of sp³-hybridized carbons (Fsp3) is 1.00. The predicted molar refractivity (Wildman–Crippen MR) is 78.1 cm³/mol. The molecule has 0 aliphatic carbocycles. The molecule has 1 N–H and O–H groups in total. The summed E-state index contributed by atoms with van der Waals surface area (Å²) >= 11 is 0. The number of hydrogen-bond acceptors (Lipinski definition) is 3. The molecule has 0 aromatic rings. The average molecular weight is 256 g/mol. The molecule has 1 unspecified atom stereocenters. The minimum absolute atomic E-state index is 0.236. The highest BCUT2D eigenvalue weighted by Crippen LogP contribution is 2.07. The molecule has 1 saturated heterocycles.